The summed E-state index contributed by atoms with van der Waals surface area (Å²) in [6.45, 7) is 2.08. The second-order valence-electron chi connectivity index (χ2n) is 3.39. The molecule has 0 spiro atoms. The zero-order valence-corrected chi connectivity index (χ0v) is 9.74. The van der Waals surface area contributed by atoms with Crippen LogP contribution in [0.15, 0.2) is 46.7 Å². The summed E-state index contributed by atoms with van der Waals surface area (Å²) in [5.74, 6) is 0. The van der Waals surface area contributed by atoms with E-state index in [4.69, 9.17) is 5.11 Å². The summed E-state index contributed by atoms with van der Waals surface area (Å²) in [5.41, 5.74) is 2.06. The van der Waals surface area contributed by atoms with Gasteiger partial charge in [0.05, 0.1) is 12.8 Å². The maximum Gasteiger partial charge on any atom is 0.119 e. The van der Waals surface area contributed by atoms with E-state index in [0.29, 0.717) is 0 Å². The van der Waals surface area contributed by atoms with E-state index in [1.807, 2.05) is 25.1 Å². The molecule has 82 valence electrons. The van der Waals surface area contributed by atoms with Crippen molar-refractivity contribution >= 4 is 11.8 Å². The second-order valence-corrected chi connectivity index (χ2v) is 4.49. The van der Waals surface area contributed by atoms with Crippen molar-refractivity contribution in [3.8, 4) is 0 Å². The molecule has 0 saturated carbocycles. The van der Waals surface area contributed by atoms with Crippen LogP contribution in [-0.2, 0) is 6.61 Å². The predicted octanol–water partition coefficient (Wildman–Crippen LogP) is 2.43. The number of benzene rings is 1. The van der Waals surface area contributed by atoms with Crippen LogP contribution in [0, 0.1) is 6.92 Å². The second kappa shape index (κ2) is 5.09. The number of aromatic nitrogens is 2. The van der Waals surface area contributed by atoms with Gasteiger partial charge >= 0.3 is 0 Å². The number of hydrogen-bond donors (Lipinski definition) is 1. The van der Waals surface area contributed by atoms with E-state index >= 15 is 0 Å². The number of hydrogen-bond acceptors (Lipinski definition) is 4. The zero-order chi connectivity index (χ0) is 11.4. The van der Waals surface area contributed by atoms with Crippen molar-refractivity contribution in [2.75, 3.05) is 0 Å². The molecular formula is C12H12N2OS. The molecule has 0 amide bonds. The highest BCUT2D eigenvalue weighted by Crippen LogP contribution is 2.26. The number of rotatable bonds is 3. The molecule has 1 N–H and O–H groups in total. The third-order valence-electron chi connectivity index (χ3n) is 2.25. The van der Waals surface area contributed by atoms with Crippen molar-refractivity contribution in [2.45, 2.75) is 23.5 Å². The average Bonchev–Trinajstić information content (AvgIpc) is 2.31. The largest absolute Gasteiger partial charge is 0.392 e. The fourth-order valence-electron chi connectivity index (χ4n) is 1.37. The van der Waals surface area contributed by atoms with Crippen LogP contribution in [0.1, 0.15) is 11.1 Å². The number of aryl methyl sites for hydroxylation is 1. The van der Waals surface area contributed by atoms with Gasteiger partial charge < -0.3 is 5.11 Å². The van der Waals surface area contributed by atoms with E-state index in [9.17, 15) is 0 Å². The first-order valence-electron chi connectivity index (χ1n) is 4.94. The molecule has 0 saturated heterocycles. The van der Waals surface area contributed by atoms with Crippen LogP contribution in [-0.4, -0.2) is 15.1 Å². The summed E-state index contributed by atoms with van der Waals surface area (Å²) in [6.07, 6.45) is 5.07. The predicted molar refractivity (Wildman–Crippen MR) is 63.3 cm³/mol. The van der Waals surface area contributed by atoms with Gasteiger partial charge in [-0.2, -0.15) is 0 Å². The first kappa shape index (κ1) is 11.1. The van der Waals surface area contributed by atoms with Gasteiger partial charge in [0, 0.05) is 17.3 Å². The Bertz CT molecular complexity index is 474. The molecule has 1 aromatic carbocycles. The molecular weight excluding hydrogens is 220 g/mol. The van der Waals surface area contributed by atoms with Crippen molar-refractivity contribution < 1.29 is 5.11 Å². The van der Waals surface area contributed by atoms with Crippen LogP contribution in [0.5, 0.6) is 0 Å². The molecule has 0 aliphatic rings. The highest BCUT2D eigenvalue weighted by molar-refractivity contribution is 7.99. The van der Waals surface area contributed by atoms with Gasteiger partial charge in [-0.25, -0.2) is 4.98 Å². The molecule has 0 radical (unpaired) electrons. The Hall–Kier alpha value is -1.39. The Balaban J connectivity index is 2.20. The molecule has 0 unspecified atom stereocenters. The lowest BCUT2D eigenvalue weighted by Gasteiger charge is -2.05. The van der Waals surface area contributed by atoms with Gasteiger partial charge in [0.2, 0.25) is 0 Å². The van der Waals surface area contributed by atoms with E-state index < -0.39 is 0 Å². The van der Waals surface area contributed by atoms with Crippen LogP contribution < -0.4 is 0 Å². The summed E-state index contributed by atoms with van der Waals surface area (Å²) in [4.78, 5) is 9.32. The van der Waals surface area contributed by atoms with Crippen molar-refractivity contribution in [3.05, 3.63) is 47.9 Å². The van der Waals surface area contributed by atoms with Crippen molar-refractivity contribution in [3.63, 3.8) is 0 Å². The third kappa shape index (κ3) is 2.59. The molecule has 1 aromatic heterocycles. The smallest absolute Gasteiger partial charge is 0.119 e. The number of aliphatic hydroxyl groups excluding tert-OH is 1. The monoisotopic (exact) mass is 232 g/mol. The number of aliphatic hydroxyl groups is 1. The van der Waals surface area contributed by atoms with Gasteiger partial charge in [-0.15, -0.1) is 0 Å². The summed E-state index contributed by atoms with van der Waals surface area (Å²) in [6, 6.07) is 5.97. The molecule has 0 atom stereocenters. The maximum atomic E-state index is 9.07. The molecule has 16 heavy (non-hydrogen) atoms. The van der Waals surface area contributed by atoms with Crippen LogP contribution in [0.4, 0.5) is 0 Å². The van der Waals surface area contributed by atoms with Crippen LogP contribution in [0.2, 0.25) is 0 Å². The Morgan fingerprint density at radius 3 is 2.81 bits per heavy atom. The lowest BCUT2D eigenvalue weighted by Crippen LogP contribution is -1.88. The molecule has 3 nitrogen and oxygen atoms in total. The standard InChI is InChI=1S/C12H12N2OS/c1-9-6-11(3-2-10(9)8-15)16-12-7-13-4-5-14-12/h2-7,15H,8H2,1H3. The van der Waals surface area contributed by atoms with E-state index in [2.05, 4.69) is 9.97 Å². The van der Waals surface area contributed by atoms with Gasteiger partial charge in [0.15, 0.2) is 0 Å². The van der Waals surface area contributed by atoms with Gasteiger partial charge in [0.25, 0.3) is 0 Å². The van der Waals surface area contributed by atoms with Crippen LogP contribution >= 0.6 is 11.8 Å². The first-order valence-corrected chi connectivity index (χ1v) is 5.75. The minimum absolute atomic E-state index is 0.0852. The fourth-order valence-corrected chi connectivity index (χ4v) is 2.21. The summed E-state index contributed by atoms with van der Waals surface area (Å²) in [7, 11) is 0. The van der Waals surface area contributed by atoms with Crippen LogP contribution in [0.25, 0.3) is 0 Å². The van der Waals surface area contributed by atoms with Gasteiger partial charge in [-0.05, 0) is 30.2 Å². The summed E-state index contributed by atoms with van der Waals surface area (Å²) >= 11 is 1.57. The maximum absolute atomic E-state index is 9.07. The summed E-state index contributed by atoms with van der Waals surface area (Å²) in [5, 5.41) is 9.94. The Kier molecular flexibility index (Phi) is 3.54. The molecule has 0 aliphatic carbocycles. The lowest BCUT2D eigenvalue weighted by molar-refractivity contribution is 0.281. The highest BCUT2D eigenvalue weighted by Gasteiger charge is 2.01. The van der Waals surface area contributed by atoms with Gasteiger partial charge in [-0.1, -0.05) is 17.8 Å². The molecule has 0 aliphatic heterocycles. The van der Waals surface area contributed by atoms with E-state index in [0.717, 1.165) is 21.0 Å². The van der Waals surface area contributed by atoms with E-state index in [1.54, 1.807) is 30.4 Å². The third-order valence-corrected chi connectivity index (χ3v) is 3.16. The van der Waals surface area contributed by atoms with E-state index in [1.165, 1.54) is 0 Å². The lowest BCUT2D eigenvalue weighted by atomic mass is 10.1. The van der Waals surface area contributed by atoms with E-state index in [-0.39, 0.29) is 6.61 Å². The normalized spacial score (nSPS) is 10.4. The Morgan fingerprint density at radius 2 is 2.19 bits per heavy atom. The zero-order valence-electron chi connectivity index (χ0n) is 8.92. The minimum atomic E-state index is 0.0852. The summed E-state index contributed by atoms with van der Waals surface area (Å²) < 4.78 is 0. The molecule has 4 heteroatoms. The SMILES string of the molecule is Cc1cc(Sc2cnccn2)ccc1CO. The van der Waals surface area contributed by atoms with Gasteiger partial charge in [-0.3, -0.25) is 4.98 Å². The van der Waals surface area contributed by atoms with Crippen molar-refractivity contribution in [1.29, 1.82) is 0 Å². The first-order chi connectivity index (χ1) is 7.79. The van der Waals surface area contributed by atoms with Gasteiger partial charge in [0.1, 0.15) is 5.03 Å². The average molecular weight is 232 g/mol. The molecule has 1 heterocycles. The fraction of sp³-hybridized carbons (Fsp3) is 0.167. The Morgan fingerprint density at radius 1 is 1.31 bits per heavy atom. The topological polar surface area (TPSA) is 46.0 Å². The van der Waals surface area contributed by atoms with Crippen molar-refractivity contribution in [1.82, 2.24) is 9.97 Å². The highest BCUT2D eigenvalue weighted by atomic mass is 32.2. The molecule has 0 bridgehead atoms. The molecule has 2 aromatic rings. The van der Waals surface area contributed by atoms with Crippen molar-refractivity contribution in [2.24, 2.45) is 0 Å². The quantitative estimate of drug-likeness (QED) is 0.882. The van der Waals surface area contributed by atoms with Crippen LogP contribution in [0.3, 0.4) is 0 Å². The molecule has 0 fully saturated rings. The Labute approximate surface area is 98.6 Å². The molecule has 2 rings (SSSR count). The number of nitrogens with zero attached hydrogens (tertiary/aromatic N) is 2. The minimum Gasteiger partial charge on any atom is -0.392 e.